The van der Waals surface area contributed by atoms with Crippen LogP contribution in [-0.2, 0) is 14.4 Å². The van der Waals surface area contributed by atoms with Crippen LogP contribution >= 0.6 is 0 Å². The van der Waals surface area contributed by atoms with E-state index in [0.717, 1.165) is 21.6 Å². The van der Waals surface area contributed by atoms with Crippen molar-refractivity contribution in [1.29, 1.82) is 0 Å². The molecule has 0 bridgehead atoms. The highest BCUT2D eigenvalue weighted by molar-refractivity contribution is 6.25. The molecule has 148 valence electrons. The molecule has 2 atom stereocenters. The van der Waals surface area contributed by atoms with Crippen LogP contribution in [0.1, 0.15) is 16.7 Å². The second-order valence-electron chi connectivity index (χ2n) is 7.39. The highest BCUT2D eigenvalue weighted by atomic mass is 16.2. The van der Waals surface area contributed by atoms with Gasteiger partial charge in [-0.2, -0.15) is 5.11 Å². The van der Waals surface area contributed by atoms with Crippen molar-refractivity contribution in [2.24, 2.45) is 10.3 Å². The zero-order chi connectivity index (χ0) is 20.7. The van der Waals surface area contributed by atoms with Crippen molar-refractivity contribution in [2.45, 2.75) is 32.9 Å². The first kappa shape index (κ1) is 18.8. The number of rotatable bonds is 4. The van der Waals surface area contributed by atoms with Crippen LogP contribution in [0.3, 0.4) is 0 Å². The molecule has 0 unspecified atom stereocenters. The fourth-order valence-electron chi connectivity index (χ4n) is 3.46. The number of benzene rings is 2. The molecule has 3 amide bonds. The molecule has 8 nitrogen and oxygen atoms in total. The van der Waals surface area contributed by atoms with Crippen molar-refractivity contribution in [3.05, 3.63) is 59.2 Å². The minimum absolute atomic E-state index is 0.168. The molecule has 2 aromatic carbocycles. The van der Waals surface area contributed by atoms with E-state index in [1.54, 1.807) is 24.3 Å². The quantitative estimate of drug-likeness (QED) is 0.811. The average molecular weight is 391 g/mol. The van der Waals surface area contributed by atoms with Crippen LogP contribution in [0.2, 0.25) is 0 Å². The molecular weight excluding hydrogens is 370 g/mol. The minimum atomic E-state index is -0.920. The first-order valence-corrected chi connectivity index (χ1v) is 9.34. The fraction of sp³-hybridized carbons (Fsp3) is 0.286. The van der Waals surface area contributed by atoms with Crippen LogP contribution in [0.5, 0.6) is 0 Å². The molecule has 1 saturated heterocycles. The van der Waals surface area contributed by atoms with E-state index in [2.05, 4.69) is 15.7 Å². The van der Waals surface area contributed by atoms with Gasteiger partial charge in [0, 0.05) is 5.69 Å². The maximum atomic E-state index is 13.0. The number of imide groups is 1. The summed E-state index contributed by atoms with van der Waals surface area (Å²) in [6, 6.07) is 11.0. The van der Waals surface area contributed by atoms with Crippen molar-refractivity contribution in [1.82, 2.24) is 5.01 Å². The van der Waals surface area contributed by atoms with E-state index >= 15 is 0 Å². The number of carbonyl (C=O) groups is 3. The summed E-state index contributed by atoms with van der Waals surface area (Å²) >= 11 is 0. The van der Waals surface area contributed by atoms with Gasteiger partial charge in [0.25, 0.3) is 11.8 Å². The number of amides is 3. The third-order valence-electron chi connectivity index (χ3n) is 5.25. The molecule has 2 aliphatic heterocycles. The van der Waals surface area contributed by atoms with Crippen LogP contribution in [0.15, 0.2) is 52.8 Å². The van der Waals surface area contributed by atoms with Gasteiger partial charge in [0.15, 0.2) is 12.1 Å². The van der Waals surface area contributed by atoms with E-state index in [4.69, 9.17) is 0 Å². The summed E-state index contributed by atoms with van der Waals surface area (Å²) < 4.78 is 0. The minimum Gasteiger partial charge on any atom is -0.324 e. The molecule has 29 heavy (non-hydrogen) atoms. The lowest BCUT2D eigenvalue weighted by molar-refractivity contribution is -0.123. The summed E-state index contributed by atoms with van der Waals surface area (Å²) in [5.74, 6) is -1.18. The molecule has 0 aromatic heterocycles. The van der Waals surface area contributed by atoms with E-state index in [0.29, 0.717) is 11.4 Å². The maximum absolute atomic E-state index is 13.0. The average Bonchev–Trinajstić information content (AvgIpc) is 3.20. The molecule has 1 N–H and O–H groups in total. The lowest BCUT2D eigenvalue weighted by Crippen LogP contribution is -2.43. The Balaban J connectivity index is 1.49. The number of anilines is 2. The molecule has 2 aliphatic rings. The SMILES string of the molecule is Cc1ccc(NC(=O)CN2N=N[C@H]3C(=O)N(c4ccc(C)c(C)c4)C(=O)[C@@H]32)cc1. The Bertz CT molecular complexity index is 1030. The number of fused-ring (bicyclic) bond motifs is 1. The van der Waals surface area contributed by atoms with Crippen LogP contribution in [0.4, 0.5) is 11.4 Å². The van der Waals surface area contributed by atoms with Gasteiger partial charge in [0.1, 0.15) is 6.54 Å². The van der Waals surface area contributed by atoms with Gasteiger partial charge < -0.3 is 5.32 Å². The number of aryl methyl sites for hydroxylation is 3. The van der Waals surface area contributed by atoms with Gasteiger partial charge in [0.05, 0.1) is 5.69 Å². The Morgan fingerprint density at radius 2 is 1.72 bits per heavy atom. The molecule has 0 spiro atoms. The first-order chi connectivity index (χ1) is 13.8. The Labute approximate surface area is 168 Å². The second-order valence-corrected chi connectivity index (χ2v) is 7.39. The fourth-order valence-corrected chi connectivity index (χ4v) is 3.46. The summed E-state index contributed by atoms with van der Waals surface area (Å²) in [7, 11) is 0. The van der Waals surface area contributed by atoms with Crippen molar-refractivity contribution >= 4 is 29.1 Å². The van der Waals surface area contributed by atoms with Gasteiger partial charge >= 0.3 is 0 Å². The highest BCUT2D eigenvalue weighted by Gasteiger charge is 2.55. The first-order valence-electron chi connectivity index (χ1n) is 9.34. The largest absolute Gasteiger partial charge is 0.324 e. The summed E-state index contributed by atoms with van der Waals surface area (Å²) in [4.78, 5) is 39.3. The van der Waals surface area contributed by atoms with Gasteiger partial charge in [0.2, 0.25) is 5.91 Å². The zero-order valence-corrected chi connectivity index (χ0v) is 16.4. The van der Waals surface area contributed by atoms with Crippen LogP contribution in [0, 0.1) is 20.8 Å². The van der Waals surface area contributed by atoms with Crippen LogP contribution in [0.25, 0.3) is 0 Å². The normalized spacial score (nSPS) is 20.4. The number of hydrogen-bond donors (Lipinski definition) is 1. The maximum Gasteiger partial charge on any atom is 0.263 e. The summed E-state index contributed by atoms with van der Waals surface area (Å²) in [5.41, 5.74) is 4.30. The molecule has 2 heterocycles. The van der Waals surface area contributed by atoms with E-state index < -0.39 is 23.9 Å². The van der Waals surface area contributed by atoms with Crippen molar-refractivity contribution < 1.29 is 14.4 Å². The molecular formula is C21H21N5O3. The Morgan fingerprint density at radius 3 is 2.41 bits per heavy atom. The van der Waals surface area contributed by atoms with E-state index in [1.165, 1.54) is 5.01 Å². The lowest BCUT2D eigenvalue weighted by atomic mass is 10.1. The third kappa shape index (κ3) is 3.37. The van der Waals surface area contributed by atoms with Crippen molar-refractivity contribution in [3.8, 4) is 0 Å². The predicted molar refractivity (Wildman–Crippen MR) is 107 cm³/mol. The second kappa shape index (κ2) is 7.12. The standard InChI is InChI=1S/C21H21N5O3/c1-12-4-7-15(8-5-12)22-17(27)11-25-19-18(23-24-25)20(28)26(21(19)29)16-9-6-13(2)14(3)10-16/h4-10,18-19H,11H2,1-3H3,(H,22,27)/t18-,19-/m1/s1. The molecule has 0 saturated carbocycles. The number of carbonyl (C=O) groups excluding carboxylic acids is 3. The number of nitrogens with one attached hydrogen (secondary N) is 1. The Morgan fingerprint density at radius 1 is 1.00 bits per heavy atom. The summed E-state index contributed by atoms with van der Waals surface area (Å²) in [6.07, 6.45) is 0. The zero-order valence-electron chi connectivity index (χ0n) is 16.4. The Hall–Kier alpha value is -3.55. The molecule has 0 radical (unpaired) electrons. The van der Waals surface area contributed by atoms with Crippen LogP contribution < -0.4 is 10.2 Å². The molecule has 1 fully saturated rings. The lowest BCUT2D eigenvalue weighted by Gasteiger charge is -2.20. The predicted octanol–water partition coefficient (Wildman–Crippen LogP) is 2.54. The number of nitrogens with zero attached hydrogens (tertiary/aromatic N) is 4. The van der Waals surface area contributed by atoms with Gasteiger partial charge in [-0.1, -0.05) is 29.0 Å². The molecule has 8 heteroatoms. The van der Waals surface area contributed by atoms with Gasteiger partial charge in [-0.15, -0.1) is 0 Å². The highest BCUT2D eigenvalue weighted by Crippen LogP contribution is 2.32. The smallest absolute Gasteiger partial charge is 0.263 e. The van der Waals surface area contributed by atoms with E-state index in [-0.39, 0.29) is 12.5 Å². The molecule has 2 aromatic rings. The van der Waals surface area contributed by atoms with Crippen molar-refractivity contribution in [2.75, 3.05) is 16.8 Å². The number of hydrogen-bond acceptors (Lipinski definition) is 6. The molecule has 4 rings (SSSR count). The third-order valence-corrected chi connectivity index (χ3v) is 5.25. The Kier molecular flexibility index (Phi) is 4.62. The van der Waals surface area contributed by atoms with E-state index in [9.17, 15) is 14.4 Å². The van der Waals surface area contributed by atoms with Gasteiger partial charge in [-0.3, -0.25) is 19.4 Å². The van der Waals surface area contributed by atoms with E-state index in [1.807, 2.05) is 39.0 Å². The summed E-state index contributed by atoms with van der Waals surface area (Å²) in [6.45, 7) is 5.68. The summed E-state index contributed by atoms with van der Waals surface area (Å²) in [5, 5.41) is 11.9. The van der Waals surface area contributed by atoms with Crippen LogP contribution in [-0.4, -0.2) is 41.4 Å². The van der Waals surface area contributed by atoms with Gasteiger partial charge in [-0.05, 0) is 56.2 Å². The molecule has 0 aliphatic carbocycles. The van der Waals surface area contributed by atoms with Gasteiger partial charge in [-0.25, -0.2) is 4.90 Å². The topological polar surface area (TPSA) is 94.4 Å². The van der Waals surface area contributed by atoms with Crippen molar-refractivity contribution in [3.63, 3.8) is 0 Å². The monoisotopic (exact) mass is 391 g/mol.